The molecule has 2 heterocycles. The molecule has 0 saturated carbocycles. The molecule has 0 spiro atoms. The summed E-state index contributed by atoms with van der Waals surface area (Å²) >= 11 is 7.74. The van der Waals surface area contributed by atoms with Crippen LogP contribution in [0.5, 0.6) is 0 Å². The number of anilines is 1. The number of halogens is 1. The van der Waals surface area contributed by atoms with Crippen LogP contribution in [0.25, 0.3) is 0 Å². The summed E-state index contributed by atoms with van der Waals surface area (Å²) < 4.78 is 0. The van der Waals surface area contributed by atoms with Crippen molar-refractivity contribution in [3.05, 3.63) is 51.2 Å². The van der Waals surface area contributed by atoms with E-state index in [-0.39, 0.29) is 6.04 Å². The molecule has 1 aliphatic heterocycles. The summed E-state index contributed by atoms with van der Waals surface area (Å²) in [6.07, 6.45) is 1.75. The van der Waals surface area contributed by atoms with E-state index in [9.17, 15) is 0 Å². The number of hydrogen-bond donors (Lipinski definition) is 1. The highest BCUT2D eigenvalue weighted by molar-refractivity contribution is 7.10. The number of nitrogens with one attached hydrogen (secondary N) is 1. The Balaban J connectivity index is 2.12. The maximum atomic E-state index is 6.03. The molecule has 0 radical (unpaired) electrons. The molecule has 0 aliphatic carbocycles. The van der Waals surface area contributed by atoms with Crippen molar-refractivity contribution in [3.63, 3.8) is 0 Å². The third-order valence-electron chi connectivity index (χ3n) is 2.56. The molecule has 1 aromatic heterocycles. The average Bonchev–Trinajstić information content (AvgIpc) is 2.81. The van der Waals surface area contributed by atoms with Crippen molar-refractivity contribution in [1.29, 1.82) is 0 Å². The van der Waals surface area contributed by atoms with Gasteiger partial charge >= 0.3 is 0 Å². The van der Waals surface area contributed by atoms with Gasteiger partial charge in [-0.25, -0.2) is 0 Å². The van der Waals surface area contributed by atoms with Gasteiger partial charge in [-0.15, -0.1) is 11.3 Å². The monoisotopic (exact) mass is 248 g/mol. The standard InChI is InChI=1S/C12H9ClN2S/c13-8-3-4-10-9(6-8)12(15-7-14-10)11-2-1-5-16-11/h1-7,12H,(H,14,15). The first-order valence-electron chi connectivity index (χ1n) is 4.95. The zero-order chi connectivity index (χ0) is 11.0. The first kappa shape index (κ1) is 9.87. The normalized spacial score (nSPS) is 17.9. The van der Waals surface area contributed by atoms with E-state index < -0.39 is 0 Å². The second kappa shape index (κ2) is 3.92. The van der Waals surface area contributed by atoms with Crippen LogP contribution in [0, 0.1) is 0 Å². The fourth-order valence-electron chi connectivity index (χ4n) is 1.83. The van der Waals surface area contributed by atoms with E-state index in [2.05, 4.69) is 21.8 Å². The molecule has 0 saturated heterocycles. The molecule has 2 nitrogen and oxygen atoms in total. The van der Waals surface area contributed by atoms with Gasteiger partial charge in [-0.3, -0.25) is 4.99 Å². The van der Waals surface area contributed by atoms with Crippen molar-refractivity contribution in [3.8, 4) is 0 Å². The van der Waals surface area contributed by atoms with Gasteiger partial charge in [-0.2, -0.15) is 0 Å². The number of rotatable bonds is 1. The first-order chi connectivity index (χ1) is 7.84. The lowest BCUT2D eigenvalue weighted by molar-refractivity contribution is 0.892. The van der Waals surface area contributed by atoms with Crippen molar-refractivity contribution in [2.75, 3.05) is 5.32 Å². The highest BCUT2D eigenvalue weighted by atomic mass is 35.5. The molecular formula is C12H9ClN2S. The Bertz CT molecular complexity index is 534. The fraction of sp³-hybridized carbons (Fsp3) is 0.0833. The van der Waals surface area contributed by atoms with Crippen LogP contribution in [0.1, 0.15) is 16.5 Å². The Kier molecular flexibility index (Phi) is 2.42. The quantitative estimate of drug-likeness (QED) is 0.812. The summed E-state index contributed by atoms with van der Waals surface area (Å²) in [4.78, 5) is 5.71. The third kappa shape index (κ3) is 1.62. The van der Waals surface area contributed by atoms with Crippen LogP contribution in [-0.2, 0) is 0 Å². The van der Waals surface area contributed by atoms with E-state index in [1.54, 1.807) is 17.7 Å². The lowest BCUT2D eigenvalue weighted by Crippen LogP contribution is -2.10. The van der Waals surface area contributed by atoms with E-state index >= 15 is 0 Å². The minimum atomic E-state index is 0.0787. The molecule has 80 valence electrons. The van der Waals surface area contributed by atoms with Crippen molar-refractivity contribution >= 4 is 35.0 Å². The van der Waals surface area contributed by atoms with Gasteiger partial charge in [0.25, 0.3) is 0 Å². The summed E-state index contributed by atoms with van der Waals surface area (Å²) in [5.41, 5.74) is 2.22. The number of nitrogens with zero attached hydrogens (tertiary/aromatic N) is 1. The fourth-order valence-corrected chi connectivity index (χ4v) is 2.80. The lowest BCUT2D eigenvalue weighted by Gasteiger charge is -2.20. The van der Waals surface area contributed by atoms with Crippen LogP contribution in [-0.4, -0.2) is 6.34 Å². The van der Waals surface area contributed by atoms with Crippen LogP contribution < -0.4 is 5.32 Å². The number of benzene rings is 1. The molecular weight excluding hydrogens is 240 g/mol. The first-order valence-corrected chi connectivity index (χ1v) is 6.21. The molecule has 1 unspecified atom stereocenters. The predicted molar refractivity (Wildman–Crippen MR) is 69.7 cm³/mol. The maximum absolute atomic E-state index is 6.03. The second-order valence-electron chi connectivity index (χ2n) is 3.57. The third-order valence-corrected chi connectivity index (χ3v) is 3.72. The van der Waals surface area contributed by atoms with E-state index in [0.29, 0.717) is 0 Å². The molecule has 1 atom stereocenters. The average molecular weight is 249 g/mol. The van der Waals surface area contributed by atoms with Gasteiger partial charge in [0.15, 0.2) is 0 Å². The molecule has 1 aliphatic rings. The van der Waals surface area contributed by atoms with E-state index in [1.807, 2.05) is 24.3 Å². The molecule has 2 aromatic rings. The minimum absolute atomic E-state index is 0.0787. The van der Waals surface area contributed by atoms with Crippen molar-refractivity contribution in [2.24, 2.45) is 4.99 Å². The number of aliphatic imine (C=N–C) groups is 1. The zero-order valence-electron chi connectivity index (χ0n) is 8.35. The smallest absolute Gasteiger partial charge is 0.113 e. The summed E-state index contributed by atoms with van der Waals surface area (Å²) in [6.45, 7) is 0. The number of fused-ring (bicyclic) bond motifs is 1. The Hall–Kier alpha value is -1.32. The highest BCUT2D eigenvalue weighted by Crippen LogP contribution is 2.37. The summed E-state index contributed by atoms with van der Waals surface area (Å²) in [6, 6.07) is 10.1. The van der Waals surface area contributed by atoms with Crippen LogP contribution in [0.4, 0.5) is 5.69 Å². The van der Waals surface area contributed by atoms with Crippen LogP contribution >= 0.6 is 22.9 Å². The van der Waals surface area contributed by atoms with Gasteiger partial charge < -0.3 is 5.32 Å². The molecule has 3 rings (SSSR count). The van der Waals surface area contributed by atoms with Crippen LogP contribution in [0.15, 0.2) is 40.7 Å². The molecule has 0 amide bonds. The van der Waals surface area contributed by atoms with E-state index in [0.717, 1.165) is 16.3 Å². The molecule has 0 bridgehead atoms. The van der Waals surface area contributed by atoms with Gasteiger partial charge in [0.05, 0.1) is 6.34 Å². The van der Waals surface area contributed by atoms with E-state index in [1.165, 1.54) is 4.88 Å². The summed E-state index contributed by atoms with van der Waals surface area (Å²) in [5, 5.41) is 5.95. The number of hydrogen-bond acceptors (Lipinski definition) is 3. The summed E-state index contributed by atoms with van der Waals surface area (Å²) in [7, 11) is 0. The Morgan fingerprint density at radius 2 is 2.25 bits per heavy atom. The van der Waals surface area contributed by atoms with Crippen molar-refractivity contribution in [1.82, 2.24) is 0 Å². The predicted octanol–water partition coefficient (Wildman–Crippen LogP) is 3.94. The van der Waals surface area contributed by atoms with Gasteiger partial charge in [-0.1, -0.05) is 17.7 Å². The Morgan fingerprint density at radius 1 is 1.31 bits per heavy atom. The van der Waals surface area contributed by atoms with Crippen molar-refractivity contribution in [2.45, 2.75) is 6.04 Å². The highest BCUT2D eigenvalue weighted by Gasteiger charge is 2.20. The van der Waals surface area contributed by atoms with E-state index in [4.69, 9.17) is 11.6 Å². The largest absolute Gasteiger partial charge is 0.346 e. The Labute approximate surface area is 103 Å². The molecule has 1 aromatic carbocycles. The molecule has 4 heteroatoms. The topological polar surface area (TPSA) is 24.4 Å². The Morgan fingerprint density at radius 3 is 3.06 bits per heavy atom. The summed E-state index contributed by atoms with van der Waals surface area (Å²) in [5.74, 6) is 0. The van der Waals surface area contributed by atoms with Crippen LogP contribution in [0.2, 0.25) is 5.02 Å². The SMILES string of the molecule is Clc1ccc2c(c1)C(c1cccs1)N=CN2. The molecule has 1 N–H and O–H groups in total. The molecule has 16 heavy (non-hydrogen) atoms. The lowest BCUT2D eigenvalue weighted by atomic mass is 10.0. The molecule has 0 fully saturated rings. The zero-order valence-corrected chi connectivity index (χ0v) is 9.92. The minimum Gasteiger partial charge on any atom is -0.346 e. The van der Waals surface area contributed by atoms with Gasteiger partial charge in [-0.05, 0) is 29.6 Å². The van der Waals surface area contributed by atoms with Gasteiger partial charge in [0, 0.05) is 21.2 Å². The van der Waals surface area contributed by atoms with Gasteiger partial charge in [0.2, 0.25) is 0 Å². The van der Waals surface area contributed by atoms with Crippen LogP contribution in [0.3, 0.4) is 0 Å². The number of thiophene rings is 1. The van der Waals surface area contributed by atoms with Crippen molar-refractivity contribution < 1.29 is 0 Å². The maximum Gasteiger partial charge on any atom is 0.113 e. The van der Waals surface area contributed by atoms with Gasteiger partial charge in [0.1, 0.15) is 6.04 Å². The second-order valence-corrected chi connectivity index (χ2v) is 4.99.